The molecule has 1 atom stereocenters. The predicted octanol–water partition coefficient (Wildman–Crippen LogP) is 10.9. The molecule has 0 saturated heterocycles. The van der Waals surface area contributed by atoms with E-state index in [4.69, 9.17) is 14.1 Å². The molecule has 3 heterocycles. The normalized spacial score (nSPS) is 15.2. The maximum Gasteiger partial charge on any atom is 0.157 e. The van der Waals surface area contributed by atoms with Crippen molar-refractivity contribution < 1.29 is 9.15 Å². The van der Waals surface area contributed by atoms with Gasteiger partial charge in [0.1, 0.15) is 34.5 Å². The van der Waals surface area contributed by atoms with Crippen LogP contribution in [-0.4, -0.2) is 5.84 Å². The molecule has 0 amide bonds. The van der Waals surface area contributed by atoms with Crippen molar-refractivity contribution in [2.45, 2.75) is 6.04 Å². The Kier molecular flexibility index (Phi) is 5.90. The number of hydrogen-bond donors (Lipinski definition) is 1. The Balaban J connectivity index is 1.14. The van der Waals surface area contributed by atoms with Crippen molar-refractivity contribution in [1.29, 1.82) is 0 Å². The highest BCUT2D eigenvalue weighted by Crippen LogP contribution is 2.47. The predicted molar refractivity (Wildman–Crippen MR) is 195 cm³/mol. The van der Waals surface area contributed by atoms with Gasteiger partial charge in [-0.15, -0.1) is 0 Å². The van der Waals surface area contributed by atoms with Crippen molar-refractivity contribution in [1.82, 2.24) is 5.32 Å². The Morgan fingerprint density at radius 1 is 0.542 bits per heavy atom. The second kappa shape index (κ2) is 10.6. The molecule has 0 fully saturated rings. The molecular formula is C44H28N2O2. The van der Waals surface area contributed by atoms with Crippen molar-refractivity contribution in [2.24, 2.45) is 4.99 Å². The summed E-state index contributed by atoms with van der Waals surface area (Å²) < 4.78 is 13.3. The first-order valence-corrected chi connectivity index (χ1v) is 16.2. The minimum atomic E-state index is -0.145. The lowest BCUT2D eigenvalue weighted by molar-refractivity contribution is 0.420. The fraction of sp³-hybridized carbons (Fsp3) is 0.0227. The van der Waals surface area contributed by atoms with E-state index in [0.29, 0.717) is 0 Å². The summed E-state index contributed by atoms with van der Waals surface area (Å²) in [6.45, 7) is 0. The summed E-state index contributed by atoms with van der Waals surface area (Å²) in [7, 11) is 0. The molecule has 1 unspecified atom stereocenters. The van der Waals surface area contributed by atoms with Gasteiger partial charge < -0.3 is 14.5 Å². The van der Waals surface area contributed by atoms with Crippen LogP contribution >= 0.6 is 0 Å². The molecule has 4 heteroatoms. The summed E-state index contributed by atoms with van der Waals surface area (Å²) in [5, 5.41) is 8.14. The zero-order valence-electron chi connectivity index (χ0n) is 25.9. The molecular weight excluding hydrogens is 588 g/mol. The third kappa shape index (κ3) is 4.20. The molecule has 10 rings (SSSR count). The molecule has 8 aromatic rings. The number of fused-ring (bicyclic) bond motifs is 7. The van der Waals surface area contributed by atoms with Gasteiger partial charge >= 0.3 is 0 Å². The third-order valence-corrected chi connectivity index (χ3v) is 9.53. The van der Waals surface area contributed by atoms with Crippen LogP contribution in [0.25, 0.3) is 60.7 Å². The van der Waals surface area contributed by atoms with Crippen molar-refractivity contribution in [3.8, 4) is 28.0 Å². The minimum absolute atomic E-state index is 0.145. The number of ether oxygens (including phenoxy) is 1. The fourth-order valence-electron chi connectivity index (χ4n) is 7.23. The highest BCUT2D eigenvalue weighted by Gasteiger charge is 2.37. The number of hydrogen-bond acceptors (Lipinski definition) is 4. The summed E-state index contributed by atoms with van der Waals surface area (Å²) in [5.74, 6) is 2.47. The Labute approximate surface area is 277 Å². The number of nitrogens with zero attached hydrogens (tertiary/aromatic N) is 1. The Morgan fingerprint density at radius 3 is 2.06 bits per heavy atom. The van der Waals surface area contributed by atoms with Crippen LogP contribution < -0.4 is 10.1 Å². The lowest BCUT2D eigenvalue weighted by Crippen LogP contribution is -2.33. The Bertz CT molecular complexity index is 2620. The molecule has 0 saturated carbocycles. The van der Waals surface area contributed by atoms with Crippen molar-refractivity contribution >= 4 is 44.2 Å². The molecule has 0 radical (unpaired) electrons. The maximum absolute atomic E-state index is 6.72. The summed E-state index contributed by atoms with van der Waals surface area (Å²) in [4.78, 5) is 5.25. The largest absolute Gasteiger partial charge is 0.456 e. The third-order valence-electron chi connectivity index (χ3n) is 9.53. The molecule has 0 bridgehead atoms. The van der Waals surface area contributed by atoms with Gasteiger partial charge in [-0.3, -0.25) is 0 Å². The number of benzene rings is 7. The van der Waals surface area contributed by atoms with Crippen LogP contribution in [0.2, 0.25) is 0 Å². The second-order valence-corrected chi connectivity index (χ2v) is 12.4. The first kappa shape index (κ1) is 26.8. The monoisotopic (exact) mass is 616 g/mol. The molecule has 7 aromatic carbocycles. The minimum Gasteiger partial charge on any atom is -0.456 e. The first-order valence-electron chi connectivity index (χ1n) is 16.2. The van der Waals surface area contributed by atoms with Gasteiger partial charge in [-0.1, -0.05) is 133 Å². The van der Waals surface area contributed by atoms with E-state index in [1.54, 1.807) is 0 Å². The lowest BCUT2D eigenvalue weighted by atomic mass is 9.95. The van der Waals surface area contributed by atoms with E-state index >= 15 is 0 Å². The standard InChI is InChI=1S/C44H28N2O2/c1-3-11-27(12-4-1)29-21-22-31-26-32(24-23-30(31)25-29)33-16-9-18-36-39-35(17-10-20-38(39)48-42(33)36)41-43-40(34-15-7-8-19-37(34)47-43)45-44(46-41)28-13-5-2-6-14-28/h1-26,40H,(H,45,46). The van der Waals surface area contributed by atoms with E-state index in [9.17, 15) is 0 Å². The smallest absolute Gasteiger partial charge is 0.157 e. The highest BCUT2D eigenvalue weighted by atomic mass is 16.5. The first-order chi connectivity index (χ1) is 23.8. The molecule has 2 aliphatic heterocycles. The number of furan rings is 1. The highest BCUT2D eigenvalue weighted by molar-refractivity contribution is 6.15. The average molecular weight is 617 g/mol. The summed E-state index contributed by atoms with van der Waals surface area (Å²) in [6.07, 6.45) is 0. The van der Waals surface area contributed by atoms with E-state index in [1.807, 2.05) is 42.5 Å². The second-order valence-electron chi connectivity index (χ2n) is 12.4. The van der Waals surface area contributed by atoms with Gasteiger partial charge in [0.2, 0.25) is 0 Å². The topological polar surface area (TPSA) is 46.8 Å². The Hall–Kier alpha value is -6.39. The number of rotatable bonds is 4. The van der Waals surface area contributed by atoms with Crippen LogP contribution in [0.15, 0.2) is 173 Å². The van der Waals surface area contributed by atoms with Gasteiger partial charge in [0.05, 0.1) is 0 Å². The molecule has 2 aliphatic rings. The lowest BCUT2D eigenvalue weighted by Gasteiger charge is -2.24. The van der Waals surface area contributed by atoms with E-state index < -0.39 is 0 Å². The summed E-state index contributed by atoms with van der Waals surface area (Å²) >= 11 is 0. The molecule has 1 N–H and O–H groups in total. The van der Waals surface area contributed by atoms with Gasteiger partial charge in [-0.2, -0.15) is 0 Å². The van der Waals surface area contributed by atoms with Crippen LogP contribution in [0, 0.1) is 0 Å². The molecule has 226 valence electrons. The van der Waals surface area contributed by atoms with Gasteiger partial charge in [0.15, 0.2) is 5.76 Å². The SMILES string of the molecule is c1ccc(C2=NC(c3cccc4oc5c(-c6ccc7cc(-c8ccccc8)ccc7c6)cccc5c34)=C3Oc4ccccc4C3N2)cc1. The number of amidine groups is 1. The number of nitrogens with one attached hydrogen (secondary N) is 1. The van der Waals surface area contributed by atoms with Gasteiger partial charge in [0, 0.05) is 33.0 Å². The summed E-state index contributed by atoms with van der Waals surface area (Å²) in [5.41, 5.74) is 10.2. The van der Waals surface area contributed by atoms with Crippen molar-refractivity contribution in [2.75, 3.05) is 0 Å². The van der Waals surface area contributed by atoms with Crippen LogP contribution in [0.4, 0.5) is 0 Å². The van der Waals surface area contributed by atoms with Gasteiger partial charge in [-0.05, 0) is 51.7 Å². The van der Waals surface area contributed by atoms with E-state index in [1.165, 1.54) is 21.9 Å². The molecule has 48 heavy (non-hydrogen) atoms. The average Bonchev–Trinajstić information content (AvgIpc) is 3.73. The van der Waals surface area contributed by atoms with Crippen LogP contribution in [-0.2, 0) is 0 Å². The number of aliphatic imine (C=N–C) groups is 1. The molecule has 4 nitrogen and oxygen atoms in total. The van der Waals surface area contributed by atoms with E-state index in [0.717, 1.165) is 72.8 Å². The molecule has 0 aliphatic carbocycles. The van der Waals surface area contributed by atoms with Crippen molar-refractivity contribution in [3.63, 3.8) is 0 Å². The molecule has 1 aromatic heterocycles. The maximum atomic E-state index is 6.72. The zero-order valence-corrected chi connectivity index (χ0v) is 25.9. The van der Waals surface area contributed by atoms with Crippen LogP contribution in [0.5, 0.6) is 5.75 Å². The van der Waals surface area contributed by atoms with Crippen molar-refractivity contribution in [3.05, 3.63) is 180 Å². The quantitative estimate of drug-likeness (QED) is 0.214. The summed E-state index contributed by atoms with van der Waals surface area (Å²) in [6, 6.07) is 54.8. The number of para-hydroxylation sites is 2. The van der Waals surface area contributed by atoms with Gasteiger partial charge in [0.25, 0.3) is 0 Å². The van der Waals surface area contributed by atoms with Crippen LogP contribution in [0.3, 0.4) is 0 Å². The fourth-order valence-corrected chi connectivity index (χ4v) is 7.23. The van der Waals surface area contributed by atoms with E-state index in [2.05, 4.69) is 121 Å². The van der Waals surface area contributed by atoms with Crippen LogP contribution in [0.1, 0.15) is 22.7 Å². The Morgan fingerprint density at radius 2 is 1.23 bits per heavy atom. The zero-order chi connectivity index (χ0) is 31.6. The van der Waals surface area contributed by atoms with E-state index in [-0.39, 0.29) is 6.04 Å². The molecule has 0 spiro atoms. The van der Waals surface area contributed by atoms with Gasteiger partial charge in [-0.25, -0.2) is 4.99 Å².